The molecule has 0 spiro atoms. The van der Waals surface area contributed by atoms with Crippen LogP contribution in [0.4, 0.5) is 5.69 Å². The molecular formula is C15H25N3O3. The molecule has 0 aromatic carbocycles. The van der Waals surface area contributed by atoms with E-state index in [0.29, 0.717) is 17.7 Å². The van der Waals surface area contributed by atoms with Crippen LogP contribution in [-0.4, -0.2) is 29.7 Å². The molecule has 21 heavy (non-hydrogen) atoms. The van der Waals surface area contributed by atoms with E-state index in [1.165, 1.54) is 0 Å². The van der Waals surface area contributed by atoms with Crippen LogP contribution in [0.15, 0.2) is 6.20 Å². The SMILES string of the molecule is CCCCOCCCNCc1ncc(C)c([N+](=O)[O-])c1C. The molecule has 6 nitrogen and oxygen atoms in total. The predicted molar refractivity (Wildman–Crippen MR) is 82.4 cm³/mol. The highest BCUT2D eigenvalue weighted by Gasteiger charge is 2.18. The van der Waals surface area contributed by atoms with Crippen molar-refractivity contribution in [3.8, 4) is 0 Å². The van der Waals surface area contributed by atoms with E-state index in [9.17, 15) is 10.1 Å². The van der Waals surface area contributed by atoms with Gasteiger partial charge in [-0.25, -0.2) is 0 Å². The summed E-state index contributed by atoms with van der Waals surface area (Å²) in [6.07, 6.45) is 4.74. The molecular weight excluding hydrogens is 270 g/mol. The highest BCUT2D eigenvalue weighted by Crippen LogP contribution is 2.23. The molecule has 0 atom stereocenters. The quantitative estimate of drug-likeness (QED) is 0.408. The predicted octanol–water partition coefficient (Wildman–Crippen LogP) is 2.90. The lowest BCUT2D eigenvalue weighted by molar-refractivity contribution is -0.386. The van der Waals surface area contributed by atoms with Gasteiger partial charge in [-0.3, -0.25) is 15.1 Å². The third kappa shape index (κ3) is 5.77. The minimum absolute atomic E-state index is 0.171. The van der Waals surface area contributed by atoms with Gasteiger partial charge in [-0.15, -0.1) is 0 Å². The van der Waals surface area contributed by atoms with Crippen molar-refractivity contribution in [1.82, 2.24) is 10.3 Å². The van der Waals surface area contributed by atoms with Crippen molar-refractivity contribution in [2.45, 2.75) is 46.6 Å². The summed E-state index contributed by atoms with van der Waals surface area (Å²) < 4.78 is 5.47. The summed E-state index contributed by atoms with van der Waals surface area (Å²) in [7, 11) is 0. The standard InChI is InChI=1S/C15H25N3O3/c1-4-5-8-21-9-6-7-16-11-14-13(3)15(18(19)20)12(2)10-17-14/h10,16H,4-9,11H2,1-3H3. The molecule has 0 radical (unpaired) electrons. The Kier molecular flexibility index (Phi) is 7.85. The van der Waals surface area contributed by atoms with Gasteiger partial charge in [0.2, 0.25) is 0 Å². The Labute approximate surface area is 126 Å². The van der Waals surface area contributed by atoms with Gasteiger partial charge in [0, 0.05) is 37.1 Å². The van der Waals surface area contributed by atoms with Crippen molar-refractivity contribution in [2.75, 3.05) is 19.8 Å². The molecule has 0 aliphatic heterocycles. The zero-order chi connectivity index (χ0) is 15.7. The lowest BCUT2D eigenvalue weighted by Gasteiger charge is -2.09. The monoisotopic (exact) mass is 295 g/mol. The van der Waals surface area contributed by atoms with Crippen molar-refractivity contribution >= 4 is 5.69 Å². The van der Waals surface area contributed by atoms with Gasteiger partial charge >= 0.3 is 0 Å². The smallest absolute Gasteiger partial charge is 0.278 e. The number of nitrogens with one attached hydrogen (secondary N) is 1. The van der Waals surface area contributed by atoms with Gasteiger partial charge in [0.15, 0.2) is 0 Å². The molecule has 0 aliphatic carbocycles. The third-order valence-electron chi connectivity index (χ3n) is 3.34. The van der Waals surface area contributed by atoms with Crippen molar-refractivity contribution in [3.05, 3.63) is 33.1 Å². The fourth-order valence-corrected chi connectivity index (χ4v) is 2.08. The van der Waals surface area contributed by atoms with Gasteiger partial charge in [-0.2, -0.15) is 0 Å². The second kappa shape index (κ2) is 9.41. The van der Waals surface area contributed by atoms with Crippen LogP contribution in [0.25, 0.3) is 0 Å². The highest BCUT2D eigenvalue weighted by atomic mass is 16.6. The molecule has 0 saturated heterocycles. The number of nitrogens with zero attached hydrogens (tertiary/aromatic N) is 2. The summed E-state index contributed by atoms with van der Waals surface area (Å²) in [5.74, 6) is 0. The zero-order valence-electron chi connectivity index (χ0n) is 13.1. The average Bonchev–Trinajstić information content (AvgIpc) is 2.43. The van der Waals surface area contributed by atoms with Crippen molar-refractivity contribution < 1.29 is 9.66 Å². The van der Waals surface area contributed by atoms with Crippen LogP contribution in [0.1, 0.15) is 43.0 Å². The molecule has 0 unspecified atom stereocenters. The lowest BCUT2D eigenvalue weighted by atomic mass is 10.1. The van der Waals surface area contributed by atoms with Crippen molar-refractivity contribution in [3.63, 3.8) is 0 Å². The molecule has 1 heterocycles. The first-order valence-corrected chi connectivity index (χ1v) is 7.45. The largest absolute Gasteiger partial charge is 0.381 e. The summed E-state index contributed by atoms with van der Waals surface area (Å²) in [5.41, 5.74) is 2.15. The van der Waals surface area contributed by atoms with E-state index >= 15 is 0 Å². The number of aryl methyl sites for hydroxylation is 1. The molecule has 0 aliphatic rings. The first-order chi connectivity index (χ1) is 10.1. The van der Waals surface area contributed by atoms with Crippen molar-refractivity contribution in [2.24, 2.45) is 0 Å². The Bertz CT molecular complexity index is 464. The summed E-state index contributed by atoms with van der Waals surface area (Å²) in [6.45, 7) is 8.53. The van der Waals surface area contributed by atoms with Gasteiger partial charge in [-0.05, 0) is 33.2 Å². The number of hydrogen-bond donors (Lipinski definition) is 1. The van der Waals surface area contributed by atoms with E-state index in [1.54, 1.807) is 20.0 Å². The summed E-state index contributed by atoms with van der Waals surface area (Å²) in [6, 6.07) is 0. The van der Waals surface area contributed by atoms with Gasteiger partial charge < -0.3 is 10.1 Å². The van der Waals surface area contributed by atoms with Crippen LogP contribution in [0, 0.1) is 24.0 Å². The molecule has 6 heteroatoms. The molecule has 1 aromatic heterocycles. The van der Waals surface area contributed by atoms with Crippen LogP contribution < -0.4 is 5.32 Å². The first-order valence-electron chi connectivity index (χ1n) is 7.45. The van der Waals surface area contributed by atoms with Crippen LogP contribution >= 0.6 is 0 Å². The number of aromatic nitrogens is 1. The van der Waals surface area contributed by atoms with Crippen LogP contribution in [0.3, 0.4) is 0 Å². The minimum atomic E-state index is -0.336. The second-order valence-electron chi connectivity index (χ2n) is 5.11. The Balaban J connectivity index is 2.36. The first kappa shape index (κ1) is 17.5. The van der Waals surface area contributed by atoms with Gasteiger partial charge in [0.1, 0.15) is 0 Å². The number of pyridine rings is 1. The summed E-state index contributed by atoms with van der Waals surface area (Å²) in [4.78, 5) is 15.0. The average molecular weight is 295 g/mol. The molecule has 0 fully saturated rings. The van der Waals surface area contributed by atoms with Crippen LogP contribution in [-0.2, 0) is 11.3 Å². The third-order valence-corrected chi connectivity index (χ3v) is 3.34. The normalized spacial score (nSPS) is 10.8. The number of unbranched alkanes of at least 4 members (excludes halogenated alkanes) is 1. The number of ether oxygens (including phenoxy) is 1. The summed E-state index contributed by atoms with van der Waals surface area (Å²) in [5, 5.41) is 14.3. The van der Waals surface area contributed by atoms with Gasteiger partial charge in [0.05, 0.1) is 10.6 Å². The molecule has 1 N–H and O–H groups in total. The van der Waals surface area contributed by atoms with E-state index in [1.807, 2.05) is 0 Å². The maximum Gasteiger partial charge on any atom is 0.278 e. The topological polar surface area (TPSA) is 77.3 Å². The maximum atomic E-state index is 11.0. The van der Waals surface area contributed by atoms with E-state index in [0.717, 1.165) is 44.7 Å². The number of nitro groups is 1. The molecule has 1 rings (SSSR count). The van der Waals surface area contributed by atoms with E-state index in [4.69, 9.17) is 4.74 Å². The Morgan fingerprint density at radius 3 is 2.71 bits per heavy atom. The zero-order valence-corrected chi connectivity index (χ0v) is 13.1. The van der Waals surface area contributed by atoms with E-state index in [2.05, 4.69) is 17.2 Å². The van der Waals surface area contributed by atoms with Crippen LogP contribution in [0.2, 0.25) is 0 Å². The maximum absolute atomic E-state index is 11.0. The minimum Gasteiger partial charge on any atom is -0.381 e. The molecule has 0 amide bonds. The lowest BCUT2D eigenvalue weighted by Crippen LogP contribution is -2.18. The Morgan fingerprint density at radius 1 is 1.33 bits per heavy atom. The second-order valence-corrected chi connectivity index (χ2v) is 5.11. The molecule has 0 bridgehead atoms. The Morgan fingerprint density at radius 2 is 2.05 bits per heavy atom. The molecule has 0 saturated carbocycles. The fourth-order valence-electron chi connectivity index (χ4n) is 2.08. The van der Waals surface area contributed by atoms with E-state index in [-0.39, 0.29) is 10.6 Å². The number of rotatable bonds is 10. The summed E-state index contributed by atoms with van der Waals surface area (Å²) >= 11 is 0. The Hall–Kier alpha value is -1.53. The van der Waals surface area contributed by atoms with Crippen molar-refractivity contribution in [1.29, 1.82) is 0 Å². The number of hydrogen-bond acceptors (Lipinski definition) is 5. The fraction of sp³-hybridized carbons (Fsp3) is 0.667. The van der Waals surface area contributed by atoms with Gasteiger partial charge in [-0.1, -0.05) is 13.3 Å². The van der Waals surface area contributed by atoms with E-state index < -0.39 is 0 Å². The van der Waals surface area contributed by atoms with Crippen LogP contribution in [0.5, 0.6) is 0 Å². The molecule has 1 aromatic rings. The van der Waals surface area contributed by atoms with Gasteiger partial charge in [0.25, 0.3) is 5.69 Å². The molecule has 118 valence electrons. The highest BCUT2D eigenvalue weighted by molar-refractivity contribution is 5.47.